The molecule has 1 aromatic carbocycles. The number of hydrogen-bond acceptors (Lipinski definition) is 5. The number of benzene rings is 1. The summed E-state index contributed by atoms with van der Waals surface area (Å²) in [5.74, 6) is -0.209. The molecule has 106 valence electrons. The van der Waals surface area contributed by atoms with E-state index >= 15 is 0 Å². The Balaban J connectivity index is 1.94. The van der Waals surface area contributed by atoms with E-state index < -0.39 is 5.56 Å². The number of Topliss-reactive ketones (excluding diaryl/α,β-unsaturated/α-hetero) is 1. The van der Waals surface area contributed by atoms with Gasteiger partial charge in [0.1, 0.15) is 6.33 Å². The molecule has 0 bridgehead atoms. The SMILES string of the molecule is Cn1nnc2c(=O)n(CC(=O)c3ccc(Cl)cc3)cnc21. The second-order valence-corrected chi connectivity index (χ2v) is 4.93. The maximum absolute atomic E-state index is 12.2. The third-order valence-electron chi connectivity index (χ3n) is 3.06. The van der Waals surface area contributed by atoms with Crippen LogP contribution in [0.1, 0.15) is 10.4 Å². The van der Waals surface area contributed by atoms with Gasteiger partial charge in [0.15, 0.2) is 16.9 Å². The van der Waals surface area contributed by atoms with Crippen molar-refractivity contribution in [3.8, 4) is 0 Å². The quantitative estimate of drug-likeness (QED) is 0.676. The summed E-state index contributed by atoms with van der Waals surface area (Å²) in [5, 5.41) is 8.04. The zero-order chi connectivity index (χ0) is 15.0. The number of ketones is 1. The van der Waals surface area contributed by atoms with Crippen molar-refractivity contribution in [1.29, 1.82) is 0 Å². The van der Waals surface area contributed by atoms with Crippen LogP contribution in [0, 0.1) is 0 Å². The number of nitrogens with zero attached hydrogens (tertiary/aromatic N) is 5. The summed E-state index contributed by atoms with van der Waals surface area (Å²) >= 11 is 5.78. The van der Waals surface area contributed by atoms with Gasteiger partial charge in [0, 0.05) is 17.6 Å². The molecular weight excluding hydrogens is 294 g/mol. The Morgan fingerprint density at radius 2 is 2.00 bits per heavy atom. The molecule has 0 N–H and O–H groups in total. The standard InChI is InChI=1S/C13H10ClN5O2/c1-18-12-11(16-17-18)13(21)19(7-15-12)6-10(20)8-2-4-9(14)5-3-8/h2-5,7H,6H2,1H3. The predicted molar refractivity (Wildman–Crippen MR) is 76.3 cm³/mol. The molecule has 0 spiro atoms. The number of carbonyl (C=O) groups is 1. The van der Waals surface area contributed by atoms with Crippen LogP contribution in [0.3, 0.4) is 0 Å². The largest absolute Gasteiger partial charge is 0.292 e. The van der Waals surface area contributed by atoms with Crippen molar-refractivity contribution in [2.45, 2.75) is 6.54 Å². The van der Waals surface area contributed by atoms with Crippen LogP contribution in [0.25, 0.3) is 11.2 Å². The zero-order valence-corrected chi connectivity index (χ0v) is 11.8. The van der Waals surface area contributed by atoms with E-state index in [1.807, 2.05) is 0 Å². The van der Waals surface area contributed by atoms with Crippen molar-refractivity contribution in [1.82, 2.24) is 24.5 Å². The van der Waals surface area contributed by atoms with Crippen LogP contribution in [-0.4, -0.2) is 30.3 Å². The van der Waals surface area contributed by atoms with Gasteiger partial charge in [-0.3, -0.25) is 14.2 Å². The first-order valence-corrected chi connectivity index (χ1v) is 6.47. The Bertz CT molecular complexity index is 882. The van der Waals surface area contributed by atoms with E-state index in [-0.39, 0.29) is 17.8 Å². The third kappa shape index (κ3) is 2.43. The summed E-state index contributed by atoms with van der Waals surface area (Å²) in [7, 11) is 1.64. The van der Waals surface area contributed by atoms with Gasteiger partial charge < -0.3 is 0 Å². The van der Waals surface area contributed by atoms with Gasteiger partial charge in [0.25, 0.3) is 5.56 Å². The summed E-state index contributed by atoms with van der Waals surface area (Å²) < 4.78 is 2.62. The van der Waals surface area contributed by atoms with Gasteiger partial charge >= 0.3 is 0 Å². The highest BCUT2D eigenvalue weighted by Gasteiger charge is 2.13. The van der Waals surface area contributed by atoms with Crippen molar-refractivity contribution < 1.29 is 4.79 Å². The molecule has 8 heteroatoms. The molecule has 0 radical (unpaired) electrons. The number of aromatic nitrogens is 5. The lowest BCUT2D eigenvalue weighted by Gasteiger charge is -2.04. The average Bonchev–Trinajstić information content (AvgIpc) is 2.85. The van der Waals surface area contributed by atoms with E-state index in [4.69, 9.17) is 11.6 Å². The number of rotatable bonds is 3. The van der Waals surface area contributed by atoms with Crippen LogP contribution in [0.5, 0.6) is 0 Å². The number of carbonyl (C=O) groups excluding carboxylic acids is 1. The van der Waals surface area contributed by atoms with Crippen LogP contribution < -0.4 is 5.56 Å². The molecule has 0 unspecified atom stereocenters. The van der Waals surface area contributed by atoms with E-state index in [2.05, 4.69) is 15.3 Å². The Hall–Kier alpha value is -2.54. The fraction of sp³-hybridized carbons (Fsp3) is 0.154. The fourth-order valence-electron chi connectivity index (χ4n) is 1.94. The average molecular weight is 304 g/mol. The molecule has 7 nitrogen and oxygen atoms in total. The first kappa shape index (κ1) is 13.4. The smallest absolute Gasteiger partial charge is 0.283 e. The van der Waals surface area contributed by atoms with E-state index in [1.54, 1.807) is 31.3 Å². The number of halogens is 1. The lowest BCUT2D eigenvalue weighted by molar-refractivity contribution is 0.0970. The van der Waals surface area contributed by atoms with Gasteiger partial charge in [-0.15, -0.1) is 5.10 Å². The molecule has 0 amide bonds. The van der Waals surface area contributed by atoms with Crippen molar-refractivity contribution >= 4 is 28.5 Å². The van der Waals surface area contributed by atoms with Crippen LogP contribution in [0.4, 0.5) is 0 Å². The molecule has 0 saturated carbocycles. The first-order chi connectivity index (χ1) is 10.1. The zero-order valence-electron chi connectivity index (χ0n) is 11.0. The van der Waals surface area contributed by atoms with Gasteiger partial charge in [-0.2, -0.15) is 0 Å². The lowest BCUT2D eigenvalue weighted by Crippen LogP contribution is -2.25. The van der Waals surface area contributed by atoms with Gasteiger partial charge in [0.05, 0.1) is 6.54 Å². The summed E-state index contributed by atoms with van der Waals surface area (Å²) in [5.41, 5.74) is 0.611. The minimum absolute atomic E-state index is 0.111. The molecule has 0 aliphatic carbocycles. The summed E-state index contributed by atoms with van der Waals surface area (Å²) in [4.78, 5) is 28.4. The summed E-state index contributed by atoms with van der Waals surface area (Å²) in [6.07, 6.45) is 1.32. The van der Waals surface area contributed by atoms with Crippen molar-refractivity contribution in [3.05, 3.63) is 51.5 Å². The maximum Gasteiger partial charge on any atom is 0.283 e. The molecule has 0 aliphatic heterocycles. The van der Waals surface area contributed by atoms with E-state index in [0.717, 1.165) is 0 Å². The van der Waals surface area contributed by atoms with Gasteiger partial charge in [-0.1, -0.05) is 16.8 Å². The van der Waals surface area contributed by atoms with Crippen LogP contribution in [0.15, 0.2) is 35.4 Å². The molecule has 2 heterocycles. The number of hydrogen-bond donors (Lipinski definition) is 0. The van der Waals surface area contributed by atoms with Gasteiger partial charge in [0.2, 0.25) is 0 Å². The molecule has 3 rings (SSSR count). The van der Waals surface area contributed by atoms with Crippen LogP contribution in [0.2, 0.25) is 5.02 Å². The van der Waals surface area contributed by atoms with Crippen molar-refractivity contribution in [3.63, 3.8) is 0 Å². The maximum atomic E-state index is 12.2. The fourth-order valence-corrected chi connectivity index (χ4v) is 2.07. The van der Waals surface area contributed by atoms with Crippen molar-refractivity contribution in [2.24, 2.45) is 7.05 Å². The minimum Gasteiger partial charge on any atom is -0.292 e. The van der Waals surface area contributed by atoms with Crippen molar-refractivity contribution in [2.75, 3.05) is 0 Å². The second-order valence-electron chi connectivity index (χ2n) is 4.49. The predicted octanol–water partition coefficient (Wildman–Crippen LogP) is 1.06. The Labute approximate surface area is 123 Å². The molecule has 2 aromatic heterocycles. The molecule has 0 atom stereocenters. The highest BCUT2D eigenvalue weighted by Crippen LogP contribution is 2.10. The summed E-state index contributed by atoms with van der Waals surface area (Å²) in [6.45, 7) is -0.111. The normalized spacial score (nSPS) is 11.0. The molecular formula is C13H10ClN5O2. The Morgan fingerprint density at radius 3 is 2.71 bits per heavy atom. The lowest BCUT2D eigenvalue weighted by atomic mass is 10.1. The van der Waals surface area contributed by atoms with Gasteiger partial charge in [-0.05, 0) is 24.3 Å². The van der Waals surface area contributed by atoms with E-state index in [0.29, 0.717) is 16.2 Å². The van der Waals surface area contributed by atoms with Gasteiger partial charge in [-0.25, -0.2) is 9.67 Å². The number of aryl methyl sites for hydroxylation is 1. The molecule has 3 aromatic rings. The van der Waals surface area contributed by atoms with Crippen LogP contribution >= 0.6 is 11.6 Å². The first-order valence-electron chi connectivity index (χ1n) is 6.10. The Morgan fingerprint density at radius 1 is 1.29 bits per heavy atom. The molecule has 0 aliphatic rings. The Kier molecular flexibility index (Phi) is 3.26. The highest BCUT2D eigenvalue weighted by atomic mass is 35.5. The third-order valence-corrected chi connectivity index (χ3v) is 3.31. The highest BCUT2D eigenvalue weighted by molar-refractivity contribution is 6.30. The monoisotopic (exact) mass is 303 g/mol. The molecule has 0 fully saturated rings. The van der Waals surface area contributed by atoms with Crippen LogP contribution in [-0.2, 0) is 13.6 Å². The minimum atomic E-state index is -0.393. The number of fused-ring (bicyclic) bond motifs is 1. The summed E-state index contributed by atoms with van der Waals surface area (Å²) in [6, 6.07) is 6.48. The van der Waals surface area contributed by atoms with E-state index in [1.165, 1.54) is 15.6 Å². The topological polar surface area (TPSA) is 82.7 Å². The second kappa shape index (κ2) is 5.10. The molecule has 21 heavy (non-hydrogen) atoms. The van der Waals surface area contributed by atoms with E-state index in [9.17, 15) is 9.59 Å². The molecule has 0 saturated heterocycles.